The first-order valence-corrected chi connectivity index (χ1v) is 11.9. The molecule has 1 aliphatic rings. The van der Waals surface area contributed by atoms with Crippen LogP contribution in [0.25, 0.3) is 0 Å². The molecular weight excluding hydrogens is 370 g/mol. The Balaban J connectivity index is 1.94. The van der Waals surface area contributed by atoms with Crippen LogP contribution in [-0.2, 0) is 5.60 Å². The Bertz CT molecular complexity index is 724. The monoisotopic (exact) mass is 409 g/mol. The van der Waals surface area contributed by atoms with Gasteiger partial charge in [0.05, 0.1) is 12.2 Å². The summed E-state index contributed by atoms with van der Waals surface area (Å²) in [6, 6.07) is 18.8. The number of rotatable bonds is 12. The maximum Gasteiger partial charge on any atom is 0.119 e. The zero-order valence-electron chi connectivity index (χ0n) is 18.9. The molecule has 0 saturated carbocycles. The van der Waals surface area contributed by atoms with Crippen molar-refractivity contribution < 1.29 is 9.84 Å². The molecule has 2 aromatic carbocycles. The average molecular weight is 410 g/mol. The molecule has 1 heterocycles. The van der Waals surface area contributed by atoms with Gasteiger partial charge in [0.25, 0.3) is 0 Å². The lowest BCUT2D eigenvalue weighted by Crippen LogP contribution is -2.40. The summed E-state index contributed by atoms with van der Waals surface area (Å²) >= 11 is 0. The van der Waals surface area contributed by atoms with Gasteiger partial charge in [-0.3, -0.25) is 0 Å². The molecular formula is C27H39NO2. The molecule has 164 valence electrons. The predicted octanol–water partition coefficient (Wildman–Crippen LogP) is 6.12. The van der Waals surface area contributed by atoms with Crippen molar-refractivity contribution in [3.63, 3.8) is 0 Å². The summed E-state index contributed by atoms with van der Waals surface area (Å²) in [4.78, 5) is 2.53. The van der Waals surface area contributed by atoms with Crippen LogP contribution in [0.3, 0.4) is 0 Å². The Morgan fingerprint density at radius 1 is 0.933 bits per heavy atom. The average Bonchev–Trinajstić information content (AvgIpc) is 3.30. The van der Waals surface area contributed by atoms with Crippen molar-refractivity contribution in [2.24, 2.45) is 0 Å². The van der Waals surface area contributed by atoms with Crippen LogP contribution in [0.5, 0.6) is 5.75 Å². The molecule has 0 amide bonds. The number of benzene rings is 2. The third-order valence-electron chi connectivity index (χ3n) is 6.49. The van der Waals surface area contributed by atoms with E-state index in [0.29, 0.717) is 6.61 Å². The molecule has 3 rings (SSSR count). The van der Waals surface area contributed by atoms with Gasteiger partial charge in [-0.1, -0.05) is 75.1 Å². The second kappa shape index (κ2) is 11.5. The molecule has 1 saturated heterocycles. The first-order chi connectivity index (χ1) is 14.7. The third-order valence-corrected chi connectivity index (χ3v) is 6.49. The molecule has 1 aliphatic heterocycles. The second-order valence-corrected chi connectivity index (χ2v) is 8.66. The van der Waals surface area contributed by atoms with E-state index in [9.17, 15) is 5.11 Å². The molecule has 30 heavy (non-hydrogen) atoms. The number of nitrogens with zero attached hydrogens (tertiary/aromatic N) is 1. The highest BCUT2D eigenvalue weighted by atomic mass is 16.5. The van der Waals surface area contributed by atoms with E-state index in [1.165, 1.54) is 37.7 Å². The lowest BCUT2D eigenvalue weighted by molar-refractivity contribution is -0.0133. The Hall–Kier alpha value is -1.84. The Kier molecular flexibility index (Phi) is 8.77. The highest BCUT2D eigenvalue weighted by Gasteiger charge is 2.40. The molecule has 0 radical (unpaired) electrons. The smallest absolute Gasteiger partial charge is 0.119 e. The van der Waals surface area contributed by atoms with Gasteiger partial charge >= 0.3 is 0 Å². The van der Waals surface area contributed by atoms with Crippen LogP contribution in [0.4, 0.5) is 0 Å². The van der Waals surface area contributed by atoms with Crippen LogP contribution in [0, 0.1) is 0 Å². The van der Waals surface area contributed by atoms with Crippen molar-refractivity contribution in [2.45, 2.75) is 70.3 Å². The minimum absolute atomic E-state index is 0.0522. The van der Waals surface area contributed by atoms with Gasteiger partial charge in [0.15, 0.2) is 0 Å². The summed E-state index contributed by atoms with van der Waals surface area (Å²) in [6.45, 7) is 8.07. The van der Waals surface area contributed by atoms with Crippen LogP contribution >= 0.6 is 0 Å². The quantitative estimate of drug-likeness (QED) is 0.428. The maximum atomic E-state index is 12.3. The number of unbranched alkanes of at least 4 members (excludes halogenated alkanes) is 3. The molecule has 2 aromatic rings. The summed E-state index contributed by atoms with van der Waals surface area (Å²) in [5.41, 5.74) is 1.36. The van der Waals surface area contributed by atoms with Gasteiger partial charge in [0.2, 0.25) is 0 Å². The van der Waals surface area contributed by atoms with Gasteiger partial charge in [-0.2, -0.15) is 0 Å². The van der Waals surface area contributed by atoms with Crippen molar-refractivity contribution in [1.29, 1.82) is 0 Å². The molecule has 1 fully saturated rings. The summed E-state index contributed by atoms with van der Waals surface area (Å²) in [6.07, 6.45) is 7.95. The fourth-order valence-corrected chi connectivity index (χ4v) is 4.79. The summed E-state index contributed by atoms with van der Waals surface area (Å²) < 4.78 is 5.65. The summed E-state index contributed by atoms with van der Waals surface area (Å²) in [5.74, 6) is 0.918. The van der Waals surface area contributed by atoms with Crippen molar-refractivity contribution in [3.05, 3.63) is 65.7 Å². The van der Waals surface area contributed by atoms with Crippen molar-refractivity contribution >= 4 is 0 Å². The van der Waals surface area contributed by atoms with Gasteiger partial charge in [0, 0.05) is 12.5 Å². The Labute approximate surface area is 183 Å². The van der Waals surface area contributed by atoms with Gasteiger partial charge < -0.3 is 14.7 Å². The molecule has 2 atom stereocenters. The van der Waals surface area contributed by atoms with Crippen LogP contribution in [0.2, 0.25) is 0 Å². The number of likely N-dealkylation sites (tertiary alicyclic amines) is 1. The first kappa shape index (κ1) is 22.8. The Morgan fingerprint density at radius 2 is 1.63 bits per heavy atom. The molecule has 0 spiro atoms. The van der Waals surface area contributed by atoms with Crippen molar-refractivity contribution in [2.75, 3.05) is 26.2 Å². The highest BCUT2D eigenvalue weighted by Crippen LogP contribution is 2.42. The predicted molar refractivity (Wildman–Crippen MR) is 125 cm³/mol. The number of ether oxygens (including phenoxy) is 1. The van der Waals surface area contributed by atoms with E-state index < -0.39 is 5.60 Å². The first-order valence-electron chi connectivity index (χ1n) is 11.9. The van der Waals surface area contributed by atoms with E-state index in [2.05, 4.69) is 54.3 Å². The van der Waals surface area contributed by atoms with E-state index >= 15 is 0 Å². The van der Waals surface area contributed by atoms with Gasteiger partial charge in [-0.05, 0) is 62.5 Å². The SMILES string of the molecule is CCCCCC[C@](O)(c1ccc(OCC)cc1)[C@@H](CN1CCCC1)c1ccccc1. The van der Waals surface area contributed by atoms with E-state index in [0.717, 1.165) is 43.8 Å². The number of hydrogen-bond acceptors (Lipinski definition) is 3. The van der Waals surface area contributed by atoms with Crippen molar-refractivity contribution in [3.8, 4) is 5.75 Å². The normalized spacial score (nSPS) is 17.6. The van der Waals surface area contributed by atoms with Gasteiger partial charge in [-0.25, -0.2) is 0 Å². The maximum absolute atomic E-state index is 12.3. The van der Waals surface area contributed by atoms with Crippen LogP contribution in [-0.4, -0.2) is 36.2 Å². The molecule has 1 N–H and O–H groups in total. The molecule has 3 nitrogen and oxygen atoms in total. The lowest BCUT2D eigenvalue weighted by atomic mass is 9.74. The van der Waals surface area contributed by atoms with E-state index in [1.807, 2.05) is 19.1 Å². The fourth-order valence-electron chi connectivity index (χ4n) is 4.79. The molecule has 0 aliphatic carbocycles. The summed E-state index contributed by atoms with van der Waals surface area (Å²) in [5, 5.41) is 12.3. The highest BCUT2D eigenvalue weighted by molar-refractivity contribution is 5.35. The van der Waals surface area contributed by atoms with Crippen LogP contribution in [0.1, 0.15) is 75.8 Å². The minimum Gasteiger partial charge on any atom is -0.494 e. The second-order valence-electron chi connectivity index (χ2n) is 8.66. The van der Waals surface area contributed by atoms with Crippen molar-refractivity contribution in [1.82, 2.24) is 4.90 Å². The van der Waals surface area contributed by atoms with E-state index in [4.69, 9.17) is 4.74 Å². The Morgan fingerprint density at radius 3 is 2.27 bits per heavy atom. The fraction of sp³-hybridized carbons (Fsp3) is 0.556. The topological polar surface area (TPSA) is 32.7 Å². The van der Waals surface area contributed by atoms with E-state index in [1.54, 1.807) is 0 Å². The minimum atomic E-state index is -0.886. The molecule has 0 aromatic heterocycles. The zero-order chi connectivity index (χ0) is 21.2. The number of hydrogen-bond donors (Lipinski definition) is 1. The summed E-state index contributed by atoms with van der Waals surface area (Å²) in [7, 11) is 0. The zero-order valence-corrected chi connectivity index (χ0v) is 18.9. The molecule has 3 heteroatoms. The molecule has 0 bridgehead atoms. The third kappa shape index (κ3) is 5.86. The largest absolute Gasteiger partial charge is 0.494 e. The van der Waals surface area contributed by atoms with Gasteiger partial charge in [-0.15, -0.1) is 0 Å². The van der Waals surface area contributed by atoms with Crippen LogP contribution in [0.15, 0.2) is 54.6 Å². The van der Waals surface area contributed by atoms with Gasteiger partial charge in [0.1, 0.15) is 5.75 Å². The molecule has 0 unspecified atom stereocenters. The standard InChI is InChI=1S/C27H39NO2/c1-3-5-6-10-19-27(29,24-15-17-25(18-16-24)30-4-2)26(22-28-20-11-12-21-28)23-13-8-7-9-14-23/h7-9,13-18,26,29H,3-6,10-12,19-22H2,1-2H3/t26-,27-/m0/s1. The number of aliphatic hydroxyl groups is 1. The lowest BCUT2D eigenvalue weighted by Gasteiger charge is -2.39. The van der Waals surface area contributed by atoms with E-state index in [-0.39, 0.29) is 5.92 Å². The van der Waals surface area contributed by atoms with Crippen LogP contribution < -0.4 is 4.74 Å².